The third-order valence-electron chi connectivity index (χ3n) is 2.83. The summed E-state index contributed by atoms with van der Waals surface area (Å²) >= 11 is 0. The molecule has 0 fully saturated rings. The molecule has 19 heavy (non-hydrogen) atoms. The zero-order chi connectivity index (χ0) is 12.9. The SMILES string of the molecule is c1ccc(C(Nc2cncnc2)c2ccco2)cc1. The molecule has 0 saturated heterocycles. The number of nitrogens with one attached hydrogen (secondary N) is 1. The van der Waals surface area contributed by atoms with Crippen LogP contribution in [0.5, 0.6) is 0 Å². The van der Waals surface area contributed by atoms with Crippen molar-refractivity contribution < 1.29 is 4.42 Å². The van der Waals surface area contributed by atoms with E-state index < -0.39 is 0 Å². The summed E-state index contributed by atoms with van der Waals surface area (Å²) in [6.45, 7) is 0. The molecule has 1 aromatic carbocycles. The van der Waals surface area contributed by atoms with Crippen LogP contribution >= 0.6 is 0 Å². The number of furan rings is 1. The molecule has 0 aliphatic heterocycles. The van der Waals surface area contributed by atoms with E-state index in [0.29, 0.717) is 0 Å². The molecule has 0 radical (unpaired) electrons. The number of benzene rings is 1. The van der Waals surface area contributed by atoms with Gasteiger partial charge in [0.25, 0.3) is 0 Å². The minimum Gasteiger partial charge on any atom is -0.467 e. The van der Waals surface area contributed by atoms with Crippen LogP contribution in [-0.2, 0) is 0 Å². The first kappa shape index (κ1) is 11.5. The maximum absolute atomic E-state index is 5.52. The predicted octanol–water partition coefficient (Wildman–Crippen LogP) is 3.27. The number of hydrogen-bond donors (Lipinski definition) is 1. The quantitative estimate of drug-likeness (QED) is 0.773. The fourth-order valence-corrected chi connectivity index (χ4v) is 1.96. The van der Waals surface area contributed by atoms with Gasteiger partial charge in [0.2, 0.25) is 0 Å². The molecule has 1 atom stereocenters. The molecule has 4 heteroatoms. The molecule has 3 rings (SSSR count). The number of hydrogen-bond acceptors (Lipinski definition) is 4. The molecule has 2 aromatic heterocycles. The average Bonchev–Trinajstić information content (AvgIpc) is 3.01. The van der Waals surface area contributed by atoms with Crippen LogP contribution in [0.25, 0.3) is 0 Å². The van der Waals surface area contributed by atoms with Crippen molar-refractivity contribution >= 4 is 5.69 Å². The molecule has 0 spiro atoms. The Balaban J connectivity index is 1.94. The van der Waals surface area contributed by atoms with E-state index in [1.165, 1.54) is 6.33 Å². The molecular formula is C15H13N3O. The third kappa shape index (κ3) is 2.63. The second kappa shape index (κ2) is 5.35. The first-order chi connectivity index (χ1) is 9.43. The molecule has 1 unspecified atom stereocenters. The van der Waals surface area contributed by atoms with Crippen LogP contribution in [-0.4, -0.2) is 9.97 Å². The second-order valence-electron chi connectivity index (χ2n) is 4.13. The van der Waals surface area contributed by atoms with Gasteiger partial charge in [-0.1, -0.05) is 30.3 Å². The van der Waals surface area contributed by atoms with Crippen molar-refractivity contribution in [3.63, 3.8) is 0 Å². The smallest absolute Gasteiger partial charge is 0.130 e. The van der Waals surface area contributed by atoms with Gasteiger partial charge in [-0.3, -0.25) is 0 Å². The van der Waals surface area contributed by atoms with Crippen molar-refractivity contribution in [2.24, 2.45) is 0 Å². The molecule has 0 bridgehead atoms. The Bertz CT molecular complexity index is 608. The summed E-state index contributed by atoms with van der Waals surface area (Å²) in [6, 6.07) is 13.9. The first-order valence-electron chi connectivity index (χ1n) is 6.03. The standard InChI is InChI=1S/C15H13N3O/c1-2-5-12(6-3-1)15(14-7-4-8-19-14)18-13-9-16-11-17-10-13/h1-11,15,18H. The van der Waals surface area contributed by atoms with Gasteiger partial charge in [0, 0.05) is 0 Å². The summed E-state index contributed by atoms with van der Waals surface area (Å²) in [5.74, 6) is 0.857. The summed E-state index contributed by atoms with van der Waals surface area (Å²) in [4.78, 5) is 8.02. The lowest BCUT2D eigenvalue weighted by atomic mass is 10.0. The van der Waals surface area contributed by atoms with Crippen molar-refractivity contribution in [2.75, 3.05) is 5.32 Å². The van der Waals surface area contributed by atoms with Crippen molar-refractivity contribution in [3.05, 3.63) is 78.8 Å². The Labute approximate surface area is 111 Å². The lowest BCUT2D eigenvalue weighted by Crippen LogP contribution is -2.11. The van der Waals surface area contributed by atoms with Gasteiger partial charge in [-0.2, -0.15) is 0 Å². The van der Waals surface area contributed by atoms with Crippen LogP contribution in [0.4, 0.5) is 5.69 Å². The third-order valence-corrected chi connectivity index (χ3v) is 2.83. The zero-order valence-electron chi connectivity index (χ0n) is 10.2. The highest BCUT2D eigenvalue weighted by atomic mass is 16.3. The number of aromatic nitrogens is 2. The minimum atomic E-state index is -0.0535. The van der Waals surface area contributed by atoms with E-state index in [0.717, 1.165) is 17.0 Å². The summed E-state index contributed by atoms with van der Waals surface area (Å²) in [7, 11) is 0. The van der Waals surface area contributed by atoms with E-state index >= 15 is 0 Å². The van der Waals surface area contributed by atoms with Gasteiger partial charge in [-0.15, -0.1) is 0 Å². The summed E-state index contributed by atoms with van der Waals surface area (Å²) < 4.78 is 5.52. The lowest BCUT2D eigenvalue weighted by molar-refractivity contribution is 0.499. The molecule has 0 aliphatic carbocycles. The van der Waals surface area contributed by atoms with E-state index in [1.807, 2.05) is 30.3 Å². The number of rotatable bonds is 4. The van der Waals surface area contributed by atoms with Gasteiger partial charge in [0.15, 0.2) is 0 Å². The van der Waals surface area contributed by atoms with E-state index in [2.05, 4.69) is 27.4 Å². The Morgan fingerprint density at radius 3 is 2.42 bits per heavy atom. The fraction of sp³-hybridized carbons (Fsp3) is 0.0667. The molecule has 94 valence electrons. The van der Waals surface area contributed by atoms with Crippen LogP contribution in [0.2, 0.25) is 0 Å². The van der Waals surface area contributed by atoms with Crippen molar-refractivity contribution in [1.82, 2.24) is 9.97 Å². The predicted molar refractivity (Wildman–Crippen MR) is 72.6 cm³/mol. The molecule has 3 aromatic rings. The van der Waals surface area contributed by atoms with Crippen molar-refractivity contribution in [3.8, 4) is 0 Å². The highest BCUT2D eigenvalue weighted by Gasteiger charge is 2.16. The molecule has 4 nitrogen and oxygen atoms in total. The Morgan fingerprint density at radius 2 is 1.74 bits per heavy atom. The Morgan fingerprint density at radius 1 is 0.947 bits per heavy atom. The molecule has 0 aliphatic rings. The summed E-state index contributed by atoms with van der Waals surface area (Å²) in [5.41, 5.74) is 1.98. The van der Waals surface area contributed by atoms with Crippen LogP contribution < -0.4 is 5.32 Å². The summed E-state index contributed by atoms with van der Waals surface area (Å²) in [5, 5.41) is 3.38. The minimum absolute atomic E-state index is 0.0535. The average molecular weight is 251 g/mol. The molecule has 1 N–H and O–H groups in total. The molecular weight excluding hydrogens is 238 g/mol. The largest absolute Gasteiger partial charge is 0.467 e. The van der Waals surface area contributed by atoms with Gasteiger partial charge >= 0.3 is 0 Å². The highest BCUT2D eigenvalue weighted by Crippen LogP contribution is 2.26. The van der Waals surface area contributed by atoms with Crippen LogP contribution in [0.1, 0.15) is 17.4 Å². The topological polar surface area (TPSA) is 51.0 Å². The zero-order valence-corrected chi connectivity index (χ0v) is 10.2. The van der Waals surface area contributed by atoms with Gasteiger partial charge in [0.05, 0.1) is 24.3 Å². The Kier molecular flexibility index (Phi) is 3.23. The van der Waals surface area contributed by atoms with Crippen LogP contribution in [0, 0.1) is 0 Å². The van der Waals surface area contributed by atoms with Crippen LogP contribution in [0.15, 0.2) is 71.9 Å². The van der Waals surface area contributed by atoms with E-state index in [4.69, 9.17) is 4.42 Å². The number of nitrogens with zero attached hydrogens (tertiary/aromatic N) is 2. The second-order valence-corrected chi connectivity index (χ2v) is 4.13. The van der Waals surface area contributed by atoms with Crippen molar-refractivity contribution in [2.45, 2.75) is 6.04 Å². The maximum Gasteiger partial charge on any atom is 0.130 e. The van der Waals surface area contributed by atoms with E-state index in [-0.39, 0.29) is 6.04 Å². The van der Waals surface area contributed by atoms with Gasteiger partial charge < -0.3 is 9.73 Å². The fourth-order valence-electron chi connectivity index (χ4n) is 1.96. The number of anilines is 1. The van der Waals surface area contributed by atoms with Gasteiger partial charge in [-0.05, 0) is 17.7 Å². The Hall–Kier alpha value is -2.62. The van der Waals surface area contributed by atoms with Gasteiger partial charge in [-0.25, -0.2) is 9.97 Å². The highest BCUT2D eigenvalue weighted by molar-refractivity contribution is 5.44. The lowest BCUT2D eigenvalue weighted by Gasteiger charge is -2.17. The van der Waals surface area contributed by atoms with Crippen molar-refractivity contribution in [1.29, 1.82) is 0 Å². The maximum atomic E-state index is 5.52. The van der Waals surface area contributed by atoms with Gasteiger partial charge in [0.1, 0.15) is 18.1 Å². The van der Waals surface area contributed by atoms with E-state index in [1.54, 1.807) is 18.7 Å². The van der Waals surface area contributed by atoms with Crippen LogP contribution in [0.3, 0.4) is 0 Å². The molecule has 0 saturated carbocycles. The normalized spacial score (nSPS) is 12.0. The molecule has 2 heterocycles. The first-order valence-corrected chi connectivity index (χ1v) is 6.03. The van der Waals surface area contributed by atoms with E-state index in [9.17, 15) is 0 Å². The monoisotopic (exact) mass is 251 g/mol. The molecule has 0 amide bonds. The summed E-state index contributed by atoms with van der Waals surface area (Å²) in [6.07, 6.45) is 6.67.